The van der Waals surface area contributed by atoms with Crippen LogP contribution in [0.1, 0.15) is 64.4 Å². The number of aryl methyl sites for hydroxylation is 2. The van der Waals surface area contributed by atoms with Crippen molar-refractivity contribution in [3.63, 3.8) is 0 Å². The molecule has 2 atom stereocenters. The van der Waals surface area contributed by atoms with Crippen molar-refractivity contribution in [3.8, 4) is 0 Å². The molecule has 2 aromatic rings. The molecule has 2 heterocycles. The Hall–Kier alpha value is -2.29. The number of hydrogen-bond donors (Lipinski definition) is 2. The predicted octanol–water partition coefficient (Wildman–Crippen LogP) is 3.40. The highest BCUT2D eigenvalue weighted by Gasteiger charge is 2.31. The fourth-order valence-corrected chi connectivity index (χ4v) is 5.66. The lowest BCUT2D eigenvalue weighted by molar-refractivity contribution is 0.0750. The Kier molecular flexibility index (Phi) is 7.37. The van der Waals surface area contributed by atoms with E-state index >= 15 is 0 Å². The van der Waals surface area contributed by atoms with Crippen LogP contribution < -0.4 is 4.72 Å². The van der Waals surface area contributed by atoms with E-state index in [0.717, 1.165) is 24.9 Å². The molecule has 32 heavy (non-hydrogen) atoms. The number of nitrogens with zero attached hydrogens (tertiary/aromatic N) is 1. The summed E-state index contributed by atoms with van der Waals surface area (Å²) in [6.07, 6.45) is 1.80. The molecule has 1 aliphatic heterocycles. The van der Waals surface area contributed by atoms with E-state index in [2.05, 4.69) is 14.6 Å². The lowest BCUT2D eigenvalue weighted by atomic mass is 9.95. The molecule has 8 heteroatoms. The standard InChI is InChI=1S/C24H33N3O4S/c1-15-8-10-21(11-9-15)32(30,31)25-13-20-7-6-12-27(14-20)18(4)24(29)23-16(2)22(19(5)28)17(3)26-23/h8-11,18,20,25-26H,6-7,12-14H2,1-5H3. The molecule has 1 aliphatic rings. The minimum Gasteiger partial charge on any atom is -0.355 e. The molecule has 1 aromatic carbocycles. The summed E-state index contributed by atoms with van der Waals surface area (Å²) in [5.41, 5.74) is 3.50. The maximum Gasteiger partial charge on any atom is 0.240 e. The zero-order valence-corrected chi connectivity index (χ0v) is 20.3. The van der Waals surface area contributed by atoms with Crippen LogP contribution in [0.25, 0.3) is 0 Å². The van der Waals surface area contributed by atoms with Gasteiger partial charge in [0.15, 0.2) is 11.6 Å². The van der Waals surface area contributed by atoms with Crippen LogP contribution in [0.3, 0.4) is 0 Å². The Morgan fingerprint density at radius 1 is 1.19 bits per heavy atom. The number of sulfonamides is 1. The number of benzene rings is 1. The molecule has 0 spiro atoms. The first kappa shape index (κ1) is 24.4. The van der Waals surface area contributed by atoms with E-state index in [4.69, 9.17) is 0 Å². The number of piperidine rings is 1. The van der Waals surface area contributed by atoms with Gasteiger partial charge in [-0.1, -0.05) is 17.7 Å². The topological polar surface area (TPSA) is 99.3 Å². The van der Waals surface area contributed by atoms with Crippen LogP contribution in [0.5, 0.6) is 0 Å². The summed E-state index contributed by atoms with van der Waals surface area (Å²) in [4.78, 5) is 30.6. The first-order chi connectivity index (χ1) is 15.0. The first-order valence-electron chi connectivity index (χ1n) is 11.1. The van der Waals surface area contributed by atoms with E-state index in [1.165, 1.54) is 6.92 Å². The third-order valence-corrected chi connectivity index (χ3v) is 7.85. The Bertz CT molecular complexity index is 1100. The van der Waals surface area contributed by atoms with Crippen LogP contribution in [0.15, 0.2) is 29.2 Å². The largest absolute Gasteiger partial charge is 0.355 e. The number of rotatable bonds is 8. The molecule has 7 nitrogen and oxygen atoms in total. The number of carbonyl (C=O) groups is 2. The lowest BCUT2D eigenvalue weighted by Crippen LogP contribution is -2.47. The van der Waals surface area contributed by atoms with Crippen molar-refractivity contribution < 1.29 is 18.0 Å². The van der Waals surface area contributed by atoms with Crippen LogP contribution in [0.4, 0.5) is 0 Å². The monoisotopic (exact) mass is 459 g/mol. The zero-order valence-electron chi connectivity index (χ0n) is 19.5. The van der Waals surface area contributed by atoms with Gasteiger partial charge in [-0.2, -0.15) is 0 Å². The number of Topliss-reactive ketones (excluding diaryl/α,β-unsaturated/α-hetero) is 2. The number of aromatic amines is 1. The predicted molar refractivity (Wildman–Crippen MR) is 125 cm³/mol. The van der Waals surface area contributed by atoms with E-state index in [0.29, 0.717) is 35.6 Å². The summed E-state index contributed by atoms with van der Waals surface area (Å²) in [6, 6.07) is 6.43. The Labute approximate surface area is 190 Å². The van der Waals surface area contributed by atoms with Crippen LogP contribution in [-0.4, -0.2) is 55.5 Å². The van der Waals surface area contributed by atoms with Gasteiger partial charge in [-0.05, 0) is 77.6 Å². The smallest absolute Gasteiger partial charge is 0.240 e. The molecule has 0 aliphatic carbocycles. The maximum atomic E-state index is 13.2. The van der Waals surface area contributed by atoms with Crippen LogP contribution >= 0.6 is 0 Å². The quantitative estimate of drug-likeness (QED) is 0.590. The second-order valence-electron chi connectivity index (χ2n) is 8.89. The molecule has 1 saturated heterocycles. The molecular weight excluding hydrogens is 426 g/mol. The average Bonchev–Trinajstić information content (AvgIpc) is 3.06. The summed E-state index contributed by atoms with van der Waals surface area (Å²) >= 11 is 0. The van der Waals surface area contributed by atoms with Gasteiger partial charge in [-0.15, -0.1) is 0 Å². The highest BCUT2D eigenvalue weighted by molar-refractivity contribution is 7.89. The van der Waals surface area contributed by atoms with Crippen molar-refractivity contribution in [2.24, 2.45) is 5.92 Å². The Balaban J connectivity index is 1.65. The van der Waals surface area contributed by atoms with Crippen molar-refractivity contribution in [2.75, 3.05) is 19.6 Å². The van der Waals surface area contributed by atoms with Gasteiger partial charge in [-0.3, -0.25) is 14.5 Å². The van der Waals surface area contributed by atoms with Gasteiger partial charge < -0.3 is 4.98 Å². The molecule has 0 amide bonds. The van der Waals surface area contributed by atoms with Crippen LogP contribution in [0.2, 0.25) is 0 Å². The van der Waals surface area contributed by atoms with Gasteiger partial charge >= 0.3 is 0 Å². The average molecular weight is 460 g/mol. The van der Waals surface area contributed by atoms with Crippen molar-refractivity contribution in [3.05, 3.63) is 52.3 Å². The minimum absolute atomic E-state index is 0.0426. The van der Waals surface area contributed by atoms with E-state index < -0.39 is 10.0 Å². The number of carbonyl (C=O) groups excluding carboxylic acids is 2. The molecule has 0 radical (unpaired) electrons. The number of H-pyrrole nitrogens is 1. The van der Waals surface area contributed by atoms with Crippen molar-refractivity contribution in [1.29, 1.82) is 0 Å². The highest BCUT2D eigenvalue weighted by atomic mass is 32.2. The normalized spacial score (nSPS) is 18.5. The molecule has 2 N–H and O–H groups in total. The van der Waals surface area contributed by atoms with E-state index in [1.807, 2.05) is 20.8 Å². The lowest BCUT2D eigenvalue weighted by Gasteiger charge is -2.36. The number of ketones is 2. The molecular formula is C24H33N3O4S. The summed E-state index contributed by atoms with van der Waals surface area (Å²) in [5.74, 6) is 0.0271. The number of aromatic nitrogens is 1. The molecule has 174 valence electrons. The number of hydrogen-bond acceptors (Lipinski definition) is 5. The SMILES string of the molecule is CC(=O)c1c(C)[nH]c(C(=O)C(C)N2CCCC(CNS(=O)(=O)c3ccc(C)cc3)C2)c1C. The Morgan fingerprint density at radius 3 is 2.44 bits per heavy atom. The van der Waals surface area contributed by atoms with Crippen LogP contribution in [-0.2, 0) is 10.0 Å². The van der Waals surface area contributed by atoms with Crippen molar-refractivity contribution in [1.82, 2.24) is 14.6 Å². The highest BCUT2D eigenvalue weighted by Crippen LogP contribution is 2.24. The summed E-state index contributed by atoms with van der Waals surface area (Å²) in [7, 11) is -3.56. The van der Waals surface area contributed by atoms with Gasteiger partial charge in [0, 0.05) is 24.3 Å². The summed E-state index contributed by atoms with van der Waals surface area (Å²) < 4.78 is 28.0. The molecule has 0 bridgehead atoms. The molecule has 0 saturated carbocycles. The second-order valence-corrected chi connectivity index (χ2v) is 10.7. The van der Waals surface area contributed by atoms with Crippen molar-refractivity contribution in [2.45, 2.75) is 58.4 Å². The van der Waals surface area contributed by atoms with Crippen LogP contribution in [0, 0.1) is 26.7 Å². The molecule has 2 unspecified atom stereocenters. The first-order valence-corrected chi connectivity index (χ1v) is 12.5. The third-order valence-electron chi connectivity index (χ3n) is 6.41. The number of likely N-dealkylation sites (tertiary alicyclic amines) is 1. The Morgan fingerprint density at radius 2 is 1.84 bits per heavy atom. The second kappa shape index (κ2) is 9.68. The fourth-order valence-electron chi connectivity index (χ4n) is 4.54. The zero-order chi connectivity index (χ0) is 23.6. The summed E-state index contributed by atoms with van der Waals surface area (Å²) in [5, 5.41) is 0. The minimum atomic E-state index is -3.56. The molecule has 1 fully saturated rings. The van der Waals surface area contributed by atoms with E-state index in [9.17, 15) is 18.0 Å². The third kappa shape index (κ3) is 5.19. The molecule has 3 rings (SSSR count). The van der Waals surface area contributed by atoms with Gasteiger partial charge in [-0.25, -0.2) is 13.1 Å². The van der Waals surface area contributed by atoms with Gasteiger partial charge in [0.2, 0.25) is 10.0 Å². The number of nitrogens with one attached hydrogen (secondary N) is 2. The maximum absolute atomic E-state index is 13.2. The molecule has 1 aromatic heterocycles. The van der Waals surface area contributed by atoms with E-state index in [-0.39, 0.29) is 28.4 Å². The van der Waals surface area contributed by atoms with Crippen molar-refractivity contribution >= 4 is 21.6 Å². The van der Waals surface area contributed by atoms with Gasteiger partial charge in [0.1, 0.15) is 0 Å². The van der Waals surface area contributed by atoms with E-state index in [1.54, 1.807) is 31.2 Å². The fraction of sp³-hybridized carbons (Fsp3) is 0.500. The van der Waals surface area contributed by atoms with Gasteiger partial charge in [0.05, 0.1) is 16.6 Å². The van der Waals surface area contributed by atoms with Gasteiger partial charge in [0.25, 0.3) is 0 Å². The summed E-state index contributed by atoms with van der Waals surface area (Å²) in [6.45, 7) is 10.7.